The molecule has 0 aliphatic rings. The van der Waals surface area contributed by atoms with Crippen LogP contribution in [0.3, 0.4) is 0 Å². The van der Waals surface area contributed by atoms with Gasteiger partial charge in [-0.2, -0.15) is 4.98 Å². The van der Waals surface area contributed by atoms with E-state index in [0.29, 0.717) is 22.9 Å². The van der Waals surface area contributed by atoms with Gasteiger partial charge in [0.25, 0.3) is 0 Å². The minimum Gasteiger partial charge on any atom is -0.473 e. The van der Waals surface area contributed by atoms with Crippen molar-refractivity contribution in [2.24, 2.45) is 0 Å². The number of rotatable bonds is 5. The van der Waals surface area contributed by atoms with Gasteiger partial charge in [0, 0.05) is 11.3 Å². The van der Waals surface area contributed by atoms with Gasteiger partial charge in [-0.1, -0.05) is 0 Å². The summed E-state index contributed by atoms with van der Waals surface area (Å²) in [5, 5.41) is 3.08. The van der Waals surface area contributed by atoms with Crippen LogP contribution in [0.1, 0.15) is 31.1 Å². The van der Waals surface area contributed by atoms with Crippen LogP contribution in [0.5, 0.6) is 5.88 Å². The molecule has 0 saturated heterocycles. The van der Waals surface area contributed by atoms with Crippen LogP contribution in [0.4, 0.5) is 17.2 Å². The van der Waals surface area contributed by atoms with Crippen LogP contribution in [-0.2, 0) is 0 Å². The predicted molar refractivity (Wildman–Crippen MR) is 81.9 cm³/mol. The molecule has 2 rings (SSSR count). The first-order chi connectivity index (χ1) is 9.97. The summed E-state index contributed by atoms with van der Waals surface area (Å²) in [7, 11) is 0. The summed E-state index contributed by atoms with van der Waals surface area (Å²) in [6, 6.07) is 7.07. The lowest BCUT2D eigenvalue weighted by Crippen LogP contribution is -2.10. The number of carbonyl (C=O) groups is 1. The monoisotopic (exact) mass is 286 g/mol. The Kier molecular flexibility index (Phi) is 4.37. The van der Waals surface area contributed by atoms with Crippen LogP contribution >= 0.6 is 0 Å². The first-order valence-electron chi connectivity index (χ1n) is 6.62. The van der Waals surface area contributed by atoms with Crippen LogP contribution in [0.2, 0.25) is 0 Å². The smallest absolute Gasteiger partial charge is 0.242 e. The van der Waals surface area contributed by atoms with Crippen molar-refractivity contribution in [3.05, 3.63) is 36.2 Å². The van der Waals surface area contributed by atoms with Gasteiger partial charge < -0.3 is 15.8 Å². The third-order valence-corrected chi connectivity index (χ3v) is 2.75. The molecular weight excluding hydrogens is 268 g/mol. The molecule has 0 bridgehead atoms. The molecule has 3 N–H and O–H groups in total. The first kappa shape index (κ1) is 14.8. The fraction of sp³-hybridized carbons (Fsp3) is 0.267. The molecule has 0 spiro atoms. The van der Waals surface area contributed by atoms with Crippen molar-refractivity contribution in [1.29, 1.82) is 0 Å². The molecule has 21 heavy (non-hydrogen) atoms. The van der Waals surface area contributed by atoms with Gasteiger partial charge in [0.05, 0.1) is 6.10 Å². The van der Waals surface area contributed by atoms with Gasteiger partial charge in [0.2, 0.25) is 5.88 Å². The molecule has 0 fully saturated rings. The number of nitrogens with two attached hydrogens (primary N) is 1. The molecule has 6 heteroatoms. The Hall–Kier alpha value is -2.63. The Labute approximate surface area is 123 Å². The second-order valence-corrected chi connectivity index (χ2v) is 4.87. The third kappa shape index (κ3) is 3.68. The summed E-state index contributed by atoms with van der Waals surface area (Å²) in [5.41, 5.74) is 7.77. The van der Waals surface area contributed by atoms with E-state index in [1.54, 1.807) is 24.3 Å². The fourth-order valence-electron chi connectivity index (χ4n) is 1.72. The summed E-state index contributed by atoms with van der Waals surface area (Å²) >= 11 is 0. The Morgan fingerprint density at radius 1 is 1.24 bits per heavy atom. The summed E-state index contributed by atoms with van der Waals surface area (Å²) in [6.07, 6.45) is 1.37. The molecule has 0 amide bonds. The first-order valence-corrected chi connectivity index (χ1v) is 6.62. The van der Waals surface area contributed by atoms with E-state index in [2.05, 4.69) is 15.3 Å². The number of nitrogens with one attached hydrogen (secondary N) is 1. The number of nitrogen functional groups attached to an aromatic ring is 1. The van der Waals surface area contributed by atoms with Crippen LogP contribution < -0.4 is 15.8 Å². The highest BCUT2D eigenvalue weighted by Crippen LogP contribution is 2.28. The highest BCUT2D eigenvalue weighted by molar-refractivity contribution is 5.94. The lowest BCUT2D eigenvalue weighted by molar-refractivity contribution is 0.101. The van der Waals surface area contributed by atoms with E-state index in [1.165, 1.54) is 13.3 Å². The van der Waals surface area contributed by atoms with Crippen LogP contribution in [0.15, 0.2) is 30.6 Å². The number of benzene rings is 1. The normalized spacial score (nSPS) is 10.5. The highest BCUT2D eigenvalue weighted by Gasteiger charge is 2.11. The van der Waals surface area contributed by atoms with Gasteiger partial charge in [0.1, 0.15) is 12.0 Å². The van der Waals surface area contributed by atoms with Crippen molar-refractivity contribution in [3.8, 4) is 5.88 Å². The summed E-state index contributed by atoms with van der Waals surface area (Å²) in [6.45, 7) is 5.32. The average Bonchev–Trinajstić information content (AvgIpc) is 2.43. The minimum atomic E-state index is -0.0232. The molecule has 1 heterocycles. The zero-order valence-corrected chi connectivity index (χ0v) is 12.3. The summed E-state index contributed by atoms with van der Waals surface area (Å²) in [4.78, 5) is 19.4. The van der Waals surface area contributed by atoms with E-state index in [4.69, 9.17) is 10.5 Å². The Balaban J connectivity index is 2.21. The zero-order valence-electron chi connectivity index (χ0n) is 12.3. The second-order valence-electron chi connectivity index (χ2n) is 4.87. The Morgan fingerprint density at radius 2 is 1.90 bits per heavy atom. The van der Waals surface area contributed by atoms with Crippen molar-refractivity contribution < 1.29 is 9.53 Å². The lowest BCUT2D eigenvalue weighted by atomic mass is 10.1. The van der Waals surface area contributed by atoms with Gasteiger partial charge in [-0.3, -0.25) is 4.79 Å². The quantitative estimate of drug-likeness (QED) is 0.821. The van der Waals surface area contributed by atoms with E-state index in [0.717, 1.165) is 5.69 Å². The average molecular weight is 286 g/mol. The molecule has 0 radical (unpaired) electrons. The van der Waals surface area contributed by atoms with Crippen LogP contribution in [0.25, 0.3) is 0 Å². The summed E-state index contributed by atoms with van der Waals surface area (Å²) < 4.78 is 5.51. The van der Waals surface area contributed by atoms with E-state index in [-0.39, 0.29) is 11.9 Å². The van der Waals surface area contributed by atoms with Gasteiger partial charge >= 0.3 is 0 Å². The number of ketones is 1. The van der Waals surface area contributed by atoms with E-state index >= 15 is 0 Å². The van der Waals surface area contributed by atoms with E-state index in [1.807, 2.05) is 13.8 Å². The van der Waals surface area contributed by atoms with Crippen LogP contribution in [-0.4, -0.2) is 21.9 Å². The van der Waals surface area contributed by atoms with Crippen molar-refractivity contribution in [1.82, 2.24) is 9.97 Å². The minimum absolute atomic E-state index is 0.0232. The Morgan fingerprint density at radius 3 is 2.48 bits per heavy atom. The van der Waals surface area contributed by atoms with E-state index < -0.39 is 0 Å². The number of hydrogen-bond donors (Lipinski definition) is 2. The number of carbonyl (C=O) groups excluding carboxylic acids is 1. The number of aromatic nitrogens is 2. The SMILES string of the molecule is CC(=O)c1ccc(Nc2ncnc(OC(C)C)c2N)cc1. The lowest BCUT2D eigenvalue weighted by Gasteiger charge is -2.13. The maximum Gasteiger partial charge on any atom is 0.242 e. The molecule has 0 saturated carbocycles. The largest absolute Gasteiger partial charge is 0.473 e. The predicted octanol–water partition coefficient (Wildman–Crippen LogP) is 2.79. The summed E-state index contributed by atoms with van der Waals surface area (Å²) in [5.74, 6) is 0.842. The molecule has 1 aromatic heterocycles. The number of Topliss-reactive ketones (excluding diaryl/α,β-unsaturated/α-hetero) is 1. The van der Waals surface area contributed by atoms with E-state index in [9.17, 15) is 4.79 Å². The molecule has 0 aliphatic carbocycles. The molecule has 2 aromatic rings. The Bertz CT molecular complexity index is 639. The topological polar surface area (TPSA) is 90.1 Å². The van der Waals surface area contributed by atoms with Crippen molar-refractivity contribution in [3.63, 3.8) is 0 Å². The highest BCUT2D eigenvalue weighted by atomic mass is 16.5. The maximum atomic E-state index is 11.2. The van der Waals surface area contributed by atoms with Crippen molar-refractivity contribution in [2.75, 3.05) is 11.1 Å². The zero-order chi connectivity index (χ0) is 15.4. The van der Waals surface area contributed by atoms with Crippen molar-refractivity contribution in [2.45, 2.75) is 26.9 Å². The molecule has 1 aromatic carbocycles. The van der Waals surface area contributed by atoms with Gasteiger partial charge in [-0.05, 0) is 45.0 Å². The molecule has 6 nitrogen and oxygen atoms in total. The number of anilines is 3. The molecule has 0 unspecified atom stereocenters. The number of nitrogens with zero attached hydrogens (tertiary/aromatic N) is 2. The van der Waals surface area contributed by atoms with Crippen LogP contribution in [0, 0.1) is 0 Å². The van der Waals surface area contributed by atoms with Gasteiger partial charge in [-0.25, -0.2) is 4.98 Å². The molecule has 0 aliphatic heterocycles. The van der Waals surface area contributed by atoms with Gasteiger partial charge in [-0.15, -0.1) is 0 Å². The standard InChI is InChI=1S/C15H18N4O2/c1-9(2)21-15-13(16)14(17-8-18-15)19-12-6-4-11(5-7-12)10(3)20/h4-9H,16H2,1-3H3,(H,17,18,19). The second kappa shape index (κ2) is 6.21. The number of hydrogen-bond acceptors (Lipinski definition) is 6. The molecule has 110 valence electrons. The van der Waals surface area contributed by atoms with Crippen molar-refractivity contribution >= 4 is 23.0 Å². The fourth-order valence-corrected chi connectivity index (χ4v) is 1.72. The van der Waals surface area contributed by atoms with Gasteiger partial charge in [0.15, 0.2) is 11.6 Å². The third-order valence-electron chi connectivity index (χ3n) is 2.75. The molecule has 0 atom stereocenters. The molecular formula is C15H18N4O2. The number of ether oxygens (including phenoxy) is 1. The maximum absolute atomic E-state index is 11.2.